The number of nitrogens with one attached hydrogen (secondary N) is 2. The molecule has 6 atom stereocenters. The van der Waals surface area contributed by atoms with Gasteiger partial charge >= 0.3 is 0 Å². The van der Waals surface area contributed by atoms with E-state index in [1.807, 2.05) is 12.1 Å². The molecule has 0 aliphatic heterocycles. The van der Waals surface area contributed by atoms with Crippen molar-refractivity contribution in [1.82, 2.24) is 10.6 Å². The van der Waals surface area contributed by atoms with Crippen LogP contribution in [0.15, 0.2) is 48.5 Å². The van der Waals surface area contributed by atoms with E-state index >= 15 is 0 Å². The summed E-state index contributed by atoms with van der Waals surface area (Å²) in [6.07, 6.45) is 2.15. The lowest BCUT2D eigenvalue weighted by molar-refractivity contribution is -0.140. The van der Waals surface area contributed by atoms with E-state index in [-0.39, 0.29) is 50.1 Å². The highest BCUT2D eigenvalue weighted by atomic mass is 16.3. The van der Waals surface area contributed by atoms with Crippen molar-refractivity contribution in [3.05, 3.63) is 59.7 Å². The number of unbranched alkanes of at least 4 members (excludes halogenated alkanes) is 2. The molecule has 3 amide bonds. The second-order valence-corrected chi connectivity index (χ2v) is 16.1. The number of nitrogens with two attached hydrogens (primary N) is 2. The molecule has 2 aromatic rings. The van der Waals surface area contributed by atoms with Gasteiger partial charge in [-0.1, -0.05) is 89.1 Å². The third kappa shape index (κ3) is 18.1. The minimum Gasteiger partial charge on any atom is -0.391 e. The highest BCUT2D eigenvalue weighted by Crippen LogP contribution is 2.23. The predicted molar refractivity (Wildman–Crippen MR) is 232 cm³/mol. The number of amides is 3. The Bertz CT molecular complexity index is 1820. The summed E-state index contributed by atoms with van der Waals surface area (Å²) in [7, 11) is 0. The molecule has 61 heavy (non-hydrogen) atoms. The van der Waals surface area contributed by atoms with Gasteiger partial charge in [0.2, 0.25) is 23.5 Å². The lowest BCUT2D eigenvalue weighted by Gasteiger charge is -2.25. The zero-order chi connectivity index (χ0) is 45.6. The molecular formula is C47H66N4O10. The summed E-state index contributed by atoms with van der Waals surface area (Å²) in [6, 6.07) is 12.9. The average molecular weight is 847 g/mol. The lowest BCUT2D eigenvalue weighted by atomic mass is 9.91. The van der Waals surface area contributed by atoms with Crippen LogP contribution in [-0.4, -0.2) is 82.3 Å². The highest BCUT2D eigenvalue weighted by Gasteiger charge is 2.33. The molecule has 0 aliphatic carbocycles. The number of ketones is 6. The molecule has 0 heterocycles. The molecule has 0 aliphatic rings. The maximum absolute atomic E-state index is 13.6. The Morgan fingerprint density at radius 2 is 1.28 bits per heavy atom. The largest absolute Gasteiger partial charge is 0.391 e. The Morgan fingerprint density at radius 1 is 0.672 bits per heavy atom. The van der Waals surface area contributed by atoms with Crippen LogP contribution in [0.4, 0.5) is 0 Å². The highest BCUT2D eigenvalue weighted by molar-refractivity contribution is 6.38. The van der Waals surface area contributed by atoms with Crippen LogP contribution in [0.3, 0.4) is 0 Å². The molecule has 14 heteroatoms. The zero-order valence-corrected chi connectivity index (χ0v) is 36.5. The van der Waals surface area contributed by atoms with Crippen LogP contribution in [0.25, 0.3) is 11.1 Å². The summed E-state index contributed by atoms with van der Waals surface area (Å²) >= 11 is 0. The molecular weight excluding hydrogens is 781 g/mol. The third-order valence-corrected chi connectivity index (χ3v) is 10.8. The molecule has 2 rings (SSSR count). The van der Waals surface area contributed by atoms with Crippen molar-refractivity contribution in [3.8, 4) is 11.1 Å². The van der Waals surface area contributed by atoms with Crippen LogP contribution in [0, 0.1) is 17.8 Å². The fraction of sp³-hybridized carbons (Fsp3) is 0.553. The zero-order valence-electron chi connectivity index (χ0n) is 36.5. The van der Waals surface area contributed by atoms with Gasteiger partial charge in [-0.15, -0.1) is 0 Å². The van der Waals surface area contributed by atoms with Gasteiger partial charge in [0.05, 0.1) is 18.6 Å². The van der Waals surface area contributed by atoms with E-state index in [1.54, 1.807) is 12.1 Å². The first-order chi connectivity index (χ1) is 28.9. The summed E-state index contributed by atoms with van der Waals surface area (Å²) in [5, 5.41) is 15.5. The van der Waals surface area contributed by atoms with E-state index in [4.69, 9.17) is 11.5 Å². The normalized spacial score (nSPS) is 14.1. The quantitative estimate of drug-likeness (QED) is 0.0395. The van der Waals surface area contributed by atoms with Crippen molar-refractivity contribution in [2.45, 2.75) is 143 Å². The number of hydrogen-bond donors (Lipinski definition) is 5. The number of aliphatic hydroxyl groups is 1. The van der Waals surface area contributed by atoms with Gasteiger partial charge in [-0.2, -0.15) is 0 Å². The van der Waals surface area contributed by atoms with Gasteiger partial charge in [-0.05, 0) is 62.3 Å². The number of Topliss-reactive ketones (excluding diaryl/α,β-unsaturated/α-hetero) is 6. The SMILES string of the molecule is CCCCc1ccc(-c2ccc(C(=O)CCCC(=O)C[C@@H](CCCCN)C(=O)N[C@H](C(=O)C[C@@H](C)C(=O)N[C@@H](CC(N)=O)C(=O)CC(C)C(=O)C(=O)CC)[C@@H](C)O)cc2)cc1. The van der Waals surface area contributed by atoms with Gasteiger partial charge in [0.15, 0.2) is 23.1 Å². The molecule has 0 bridgehead atoms. The van der Waals surface area contributed by atoms with Gasteiger partial charge in [-0.3, -0.25) is 43.2 Å². The van der Waals surface area contributed by atoms with E-state index in [9.17, 15) is 48.3 Å². The number of aryl methyl sites for hydroxylation is 1. The molecule has 334 valence electrons. The van der Waals surface area contributed by atoms with Crippen molar-refractivity contribution in [3.63, 3.8) is 0 Å². The molecule has 2 aromatic carbocycles. The first kappa shape index (κ1) is 51.9. The molecule has 0 spiro atoms. The number of benzene rings is 2. The number of primary amides is 1. The summed E-state index contributed by atoms with van der Waals surface area (Å²) in [4.78, 5) is 115. The topological polar surface area (TPSA) is 250 Å². The molecule has 0 saturated carbocycles. The lowest BCUT2D eigenvalue weighted by Crippen LogP contribution is -2.51. The Kier molecular flexibility index (Phi) is 22.9. The Balaban J connectivity index is 2.01. The fourth-order valence-electron chi connectivity index (χ4n) is 6.93. The van der Waals surface area contributed by atoms with Crippen molar-refractivity contribution < 1.29 is 48.3 Å². The maximum Gasteiger partial charge on any atom is 0.224 e. The Morgan fingerprint density at radius 3 is 1.84 bits per heavy atom. The van der Waals surface area contributed by atoms with Gasteiger partial charge < -0.3 is 27.2 Å². The number of aliphatic hydroxyl groups excluding tert-OH is 1. The van der Waals surface area contributed by atoms with Crippen molar-refractivity contribution in [2.24, 2.45) is 29.2 Å². The van der Waals surface area contributed by atoms with Crippen LogP contribution in [-0.2, 0) is 44.8 Å². The van der Waals surface area contributed by atoms with Crippen molar-refractivity contribution >= 4 is 52.4 Å². The Labute approximate surface area is 359 Å². The fourth-order valence-corrected chi connectivity index (χ4v) is 6.93. The van der Waals surface area contributed by atoms with Gasteiger partial charge in [0.1, 0.15) is 11.8 Å². The van der Waals surface area contributed by atoms with Crippen LogP contribution in [0.2, 0.25) is 0 Å². The first-order valence-electron chi connectivity index (χ1n) is 21.6. The summed E-state index contributed by atoms with van der Waals surface area (Å²) < 4.78 is 0. The number of carbonyl (C=O) groups is 9. The summed E-state index contributed by atoms with van der Waals surface area (Å²) in [5.74, 6) is -8.40. The van der Waals surface area contributed by atoms with Gasteiger partial charge in [0.25, 0.3) is 0 Å². The van der Waals surface area contributed by atoms with Gasteiger partial charge in [-0.25, -0.2) is 0 Å². The van der Waals surface area contributed by atoms with E-state index in [1.165, 1.54) is 33.3 Å². The first-order valence-corrected chi connectivity index (χ1v) is 21.6. The predicted octanol–water partition coefficient (Wildman–Crippen LogP) is 4.72. The van der Waals surface area contributed by atoms with Crippen LogP contribution >= 0.6 is 0 Å². The van der Waals surface area contributed by atoms with E-state index < -0.39 is 96.1 Å². The number of rotatable bonds is 31. The molecule has 1 unspecified atom stereocenters. The van der Waals surface area contributed by atoms with Crippen LogP contribution in [0.5, 0.6) is 0 Å². The second-order valence-electron chi connectivity index (χ2n) is 16.1. The van der Waals surface area contributed by atoms with E-state index in [0.29, 0.717) is 24.9 Å². The van der Waals surface area contributed by atoms with E-state index in [2.05, 4.69) is 41.8 Å². The number of carbonyl (C=O) groups excluding carboxylic acids is 9. The maximum atomic E-state index is 13.6. The van der Waals surface area contributed by atoms with Crippen LogP contribution in [0.1, 0.15) is 134 Å². The Hall–Kier alpha value is -5.21. The standard InChI is InChI=1S/C47H66N4O10/c1-6-8-12-32-16-18-33(19-17-32)34-20-22-35(23-21-34)40(55)15-11-14-37(53)27-36(13-9-10-24-48)47(61)51-44(31(5)52)42(57)26-30(4)46(60)50-38(28-43(49)58)41(56)25-29(3)45(59)39(54)7-2/h16-23,29-31,36,38,44,52H,6-15,24-28,48H2,1-5H3,(H2,49,58)(H,50,60)(H,51,61)/t29?,30-,31-,36-,38+,44+/m1/s1. The average Bonchev–Trinajstić information content (AvgIpc) is 3.23. The van der Waals surface area contributed by atoms with Crippen LogP contribution < -0.4 is 22.1 Å². The molecule has 14 nitrogen and oxygen atoms in total. The third-order valence-electron chi connectivity index (χ3n) is 10.8. The molecule has 0 radical (unpaired) electrons. The molecule has 0 saturated heterocycles. The minimum absolute atomic E-state index is 0.0404. The van der Waals surface area contributed by atoms with Gasteiger partial charge in [0, 0.05) is 61.8 Å². The minimum atomic E-state index is -1.44. The number of hydrogen-bond acceptors (Lipinski definition) is 11. The van der Waals surface area contributed by atoms with Crippen molar-refractivity contribution in [1.29, 1.82) is 0 Å². The monoisotopic (exact) mass is 846 g/mol. The summed E-state index contributed by atoms with van der Waals surface area (Å²) in [6.45, 7) is 8.11. The summed E-state index contributed by atoms with van der Waals surface area (Å²) in [5.41, 5.74) is 14.8. The molecule has 0 fully saturated rings. The molecule has 0 aromatic heterocycles. The second kappa shape index (κ2) is 26.9. The molecule has 7 N–H and O–H groups in total. The smallest absolute Gasteiger partial charge is 0.224 e. The van der Waals surface area contributed by atoms with Crippen molar-refractivity contribution in [2.75, 3.05) is 6.54 Å². The van der Waals surface area contributed by atoms with E-state index in [0.717, 1.165) is 30.4 Å².